The molecule has 0 aromatic heterocycles. The zero-order valence-corrected chi connectivity index (χ0v) is 9.91. The van der Waals surface area contributed by atoms with E-state index in [4.69, 9.17) is 0 Å². The minimum Gasteiger partial charge on any atom is -0.218 e. The predicted molar refractivity (Wildman–Crippen MR) is 52.9 cm³/mol. The molecule has 0 saturated carbocycles. The summed E-state index contributed by atoms with van der Waals surface area (Å²) in [6.45, 7) is 0. The van der Waals surface area contributed by atoms with Crippen molar-refractivity contribution in [3.63, 3.8) is 0 Å². The van der Waals surface area contributed by atoms with Crippen molar-refractivity contribution in [2.75, 3.05) is 0 Å². The topological polar surface area (TPSA) is 0 Å². The van der Waals surface area contributed by atoms with Gasteiger partial charge in [-0.3, -0.25) is 0 Å². The van der Waals surface area contributed by atoms with E-state index in [9.17, 15) is 30.7 Å². The molecule has 0 bridgehead atoms. The summed E-state index contributed by atoms with van der Waals surface area (Å²) in [4.78, 5) is 0. The van der Waals surface area contributed by atoms with Crippen LogP contribution in [0.15, 0.2) is 18.2 Å². The Morgan fingerprint density at radius 2 is 1.41 bits per heavy atom. The summed E-state index contributed by atoms with van der Waals surface area (Å²) >= 11 is 1.44. The van der Waals surface area contributed by atoms with Crippen molar-refractivity contribution >= 4 is 22.6 Å². The van der Waals surface area contributed by atoms with Gasteiger partial charge >= 0.3 is 18.0 Å². The molecule has 0 N–H and O–H groups in total. The second-order valence-electron chi connectivity index (χ2n) is 3.08. The van der Waals surface area contributed by atoms with Crippen LogP contribution >= 0.6 is 22.6 Å². The summed E-state index contributed by atoms with van der Waals surface area (Å²) < 4.78 is 87.3. The Balaban J connectivity index is 3.46. The minimum absolute atomic E-state index is 0.0457. The summed E-state index contributed by atoms with van der Waals surface area (Å²) in [7, 11) is 0. The smallest absolute Gasteiger partial charge is 0.218 e. The van der Waals surface area contributed by atoms with E-state index in [0.717, 1.165) is 6.07 Å². The first-order chi connectivity index (χ1) is 7.50. The molecule has 17 heavy (non-hydrogen) atoms. The van der Waals surface area contributed by atoms with Gasteiger partial charge in [0.15, 0.2) is 0 Å². The summed E-state index contributed by atoms with van der Waals surface area (Å²) in [6.07, 6.45) is -12.1. The quantitative estimate of drug-likeness (QED) is 0.508. The van der Waals surface area contributed by atoms with Crippen LogP contribution in [0, 0.1) is 9.64 Å². The molecule has 0 saturated heterocycles. The zero-order valence-electron chi connectivity index (χ0n) is 7.76. The Kier molecular flexibility index (Phi) is 3.66. The molecule has 0 fully saturated rings. The molecule has 0 unspecified atom stereocenters. The van der Waals surface area contributed by atoms with Crippen molar-refractivity contribution in [3.8, 4) is 0 Å². The average Bonchev–Trinajstić information content (AvgIpc) is 2.12. The maximum atomic E-state index is 13.5. The Bertz CT molecular complexity index is 393. The Morgan fingerprint density at radius 1 is 0.941 bits per heavy atom. The predicted octanol–water partition coefficient (Wildman–Crippen LogP) is 4.38. The van der Waals surface area contributed by atoms with Gasteiger partial charge in [0.1, 0.15) is 0 Å². The van der Waals surface area contributed by atoms with Gasteiger partial charge in [0.25, 0.3) is 0 Å². The van der Waals surface area contributed by atoms with Crippen LogP contribution in [0.1, 0.15) is 5.56 Å². The van der Waals surface area contributed by atoms with Crippen molar-refractivity contribution in [2.24, 2.45) is 0 Å². The van der Waals surface area contributed by atoms with E-state index in [2.05, 4.69) is 6.07 Å². The van der Waals surface area contributed by atoms with Crippen molar-refractivity contribution < 1.29 is 30.7 Å². The minimum atomic E-state index is -6.07. The Labute approximate surface area is 105 Å². The molecule has 0 spiro atoms. The Morgan fingerprint density at radius 3 is 1.76 bits per heavy atom. The van der Waals surface area contributed by atoms with Gasteiger partial charge in [0.05, 0.1) is 0 Å². The summed E-state index contributed by atoms with van der Waals surface area (Å²) in [5, 5.41) is 0. The number of hydrogen-bond acceptors (Lipinski definition) is 0. The Hall–Kier alpha value is -0.540. The number of hydrogen-bond donors (Lipinski definition) is 0. The molecule has 95 valence electrons. The van der Waals surface area contributed by atoms with Crippen LogP contribution in [0.25, 0.3) is 0 Å². The first kappa shape index (κ1) is 14.5. The molecule has 1 aromatic carbocycles. The first-order valence-electron chi connectivity index (χ1n) is 4.00. The van der Waals surface area contributed by atoms with Gasteiger partial charge < -0.3 is 0 Å². The van der Waals surface area contributed by atoms with Gasteiger partial charge in [0, 0.05) is 9.13 Å². The van der Waals surface area contributed by atoms with E-state index >= 15 is 0 Å². The fourth-order valence-corrected chi connectivity index (χ4v) is 1.65. The average molecular weight is 371 g/mol. The van der Waals surface area contributed by atoms with Gasteiger partial charge in [0.2, 0.25) is 0 Å². The van der Waals surface area contributed by atoms with E-state index in [1.165, 1.54) is 22.6 Å². The molecule has 0 amide bonds. The van der Waals surface area contributed by atoms with Crippen molar-refractivity contribution in [1.82, 2.24) is 0 Å². The molecule has 1 radical (unpaired) electrons. The molecule has 1 aromatic rings. The van der Waals surface area contributed by atoms with Crippen molar-refractivity contribution in [3.05, 3.63) is 33.4 Å². The van der Waals surface area contributed by atoms with Gasteiger partial charge in [-0.1, -0.05) is 12.1 Å². The largest absolute Gasteiger partial charge is 0.435 e. The molecule has 0 aliphatic heterocycles. The lowest BCUT2D eigenvalue weighted by molar-refractivity contribution is -0.348. The van der Waals surface area contributed by atoms with Gasteiger partial charge in [-0.15, -0.1) is 0 Å². The van der Waals surface area contributed by atoms with Crippen LogP contribution in [0.2, 0.25) is 0 Å². The third-order valence-electron chi connectivity index (χ3n) is 1.95. The van der Waals surface area contributed by atoms with Crippen molar-refractivity contribution in [1.29, 1.82) is 0 Å². The maximum Gasteiger partial charge on any atom is 0.435 e. The monoisotopic (exact) mass is 371 g/mol. The molecule has 0 atom stereocenters. The van der Waals surface area contributed by atoms with Gasteiger partial charge in [-0.05, 0) is 34.7 Å². The zero-order chi connectivity index (χ0) is 13.5. The van der Waals surface area contributed by atoms with Crippen LogP contribution < -0.4 is 0 Å². The third kappa shape index (κ3) is 2.50. The second-order valence-corrected chi connectivity index (χ2v) is 4.24. The summed E-state index contributed by atoms with van der Waals surface area (Å²) in [6, 6.07) is 4.01. The van der Waals surface area contributed by atoms with Gasteiger partial charge in [-0.25, -0.2) is 4.39 Å². The lowest BCUT2D eigenvalue weighted by atomic mass is 9.94. The highest BCUT2D eigenvalue weighted by Crippen LogP contribution is 2.53. The number of halogens is 8. The fraction of sp³-hybridized carbons (Fsp3) is 0.333. The van der Waals surface area contributed by atoms with E-state index in [0.29, 0.717) is 12.1 Å². The number of alkyl halides is 7. The molecule has 0 heterocycles. The van der Waals surface area contributed by atoms with Gasteiger partial charge in [-0.2, -0.15) is 26.3 Å². The summed E-state index contributed by atoms with van der Waals surface area (Å²) in [5.41, 5.74) is -6.87. The van der Waals surface area contributed by atoms with E-state index in [1.54, 1.807) is 0 Å². The second kappa shape index (κ2) is 4.29. The molecular weight excluding hydrogens is 368 g/mol. The standard InChI is InChI=1S/C9H3F7I/c10-7(8(11,12)13,9(14,15)16)5-2-1-3-6(17)4-5/h1-2,4H. The van der Waals surface area contributed by atoms with Crippen LogP contribution in [0.3, 0.4) is 0 Å². The normalized spacial score (nSPS) is 13.9. The third-order valence-corrected chi connectivity index (χ3v) is 2.57. The molecular formula is C9H3F7I. The molecule has 0 aliphatic rings. The van der Waals surface area contributed by atoms with Crippen LogP contribution in [-0.4, -0.2) is 12.4 Å². The lowest BCUT2D eigenvalue weighted by Crippen LogP contribution is -2.50. The lowest BCUT2D eigenvalue weighted by Gasteiger charge is -2.30. The van der Waals surface area contributed by atoms with Crippen LogP contribution in [-0.2, 0) is 5.67 Å². The van der Waals surface area contributed by atoms with Crippen LogP contribution in [0.5, 0.6) is 0 Å². The number of rotatable bonds is 1. The highest BCUT2D eigenvalue weighted by atomic mass is 127. The fourth-order valence-electron chi connectivity index (χ4n) is 1.14. The highest BCUT2D eigenvalue weighted by molar-refractivity contribution is 14.1. The molecule has 8 heteroatoms. The molecule has 0 aliphatic carbocycles. The van der Waals surface area contributed by atoms with E-state index in [-0.39, 0.29) is 3.57 Å². The van der Waals surface area contributed by atoms with Crippen molar-refractivity contribution in [2.45, 2.75) is 18.0 Å². The van der Waals surface area contributed by atoms with Crippen LogP contribution in [0.4, 0.5) is 30.7 Å². The first-order valence-corrected chi connectivity index (χ1v) is 5.08. The SMILES string of the molecule is FC(F)(F)C(F)(c1cc[c]c(I)c1)C(F)(F)F. The highest BCUT2D eigenvalue weighted by Gasteiger charge is 2.73. The van der Waals surface area contributed by atoms with E-state index < -0.39 is 23.6 Å². The molecule has 0 nitrogen and oxygen atoms in total. The molecule has 1 rings (SSSR count). The summed E-state index contributed by atoms with van der Waals surface area (Å²) in [5.74, 6) is 0. The number of benzene rings is 1. The maximum absolute atomic E-state index is 13.5. The van der Waals surface area contributed by atoms with E-state index in [1.807, 2.05) is 0 Å².